The Morgan fingerprint density at radius 1 is 1.08 bits per heavy atom. The highest BCUT2D eigenvalue weighted by Gasteiger charge is 1.99. The van der Waals surface area contributed by atoms with Gasteiger partial charge in [0.25, 0.3) is 0 Å². The van der Waals surface area contributed by atoms with Crippen LogP contribution in [0.5, 0.6) is 0 Å². The molecule has 0 aliphatic carbocycles. The Kier molecular flexibility index (Phi) is 6.68. The van der Waals surface area contributed by atoms with Crippen molar-refractivity contribution in [3.8, 4) is 0 Å². The molecule has 0 heterocycles. The quantitative estimate of drug-likeness (QED) is 0.480. The van der Waals surface area contributed by atoms with Gasteiger partial charge in [0.1, 0.15) is 0 Å². The largest absolute Gasteiger partial charge is 0.507 e. The minimum absolute atomic E-state index is 0.286. The Labute approximate surface area is 77.0 Å². The van der Waals surface area contributed by atoms with Crippen molar-refractivity contribution in [2.45, 2.75) is 19.8 Å². The number of esters is 1. The molecule has 13 heavy (non-hydrogen) atoms. The number of carbonyl (C=O) groups is 2. The van der Waals surface area contributed by atoms with E-state index in [1.807, 2.05) is 0 Å². The third kappa shape index (κ3) is 8.65. The first-order valence-electron chi connectivity index (χ1n) is 4.01. The van der Waals surface area contributed by atoms with Crippen molar-refractivity contribution in [2.75, 3.05) is 20.3 Å². The van der Waals surface area contributed by atoms with Crippen molar-refractivity contribution in [1.29, 1.82) is 0 Å². The van der Waals surface area contributed by atoms with Crippen molar-refractivity contribution in [3.63, 3.8) is 0 Å². The Bertz CT molecular complexity index is 166. The zero-order valence-electron chi connectivity index (χ0n) is 7.87. The number of ether oxygens (including phenoxy) is 3. The molecular formula is C8H14O5. The van der Waals surface area contributed by atoms with Gasteiger partial charge in [0.2, 0.25) is 0 Å². The van der Waals surface area contributed by atoms with E-state index in [1.165, 1.54) is 14.0 Å². The monoisotopic (exact) mass is 190 g/mol. The van der Waals surface area contributed by atoms with Gasteiger partial charge < -0.3 is 14.2 Å². The summed E-state index contributed by atoms with van der Waals surface area (Å²) in [6, 6.07) is 0. The zero-order chi connectivity index (χ0) is 10.1. The predicted molar refractivity (Wildman–Crippen MR) is 44.2 cm³/mol. The number of unbranched alkanes of at least 4 members (excludes halogenated alkanes) is 1. The molecule has 0 saturated heterocycles. The van der Waals surface area contributed by atoms with Crippen molar-refractivity contribution in [2.24, 2.45) is 0 Å². The van der Waals surface area contributed by atoms with Gasteiger partial charge in [-0.15, -0.1) is 0 Å². The molecule has 0 atom stereocenters. The molecule has 76 valence electrons. The highest BCUT2D eigenvalue weighted by molar-refractivity contribution is 5.65. The number of methoxy groups -OCH3 is 1. The standard InChI is InChI=1S/C8H14O5/c1-7(9)12-5-3-4-6-13-8(10)11-2/h3-6H2,1-2H3. The number of carbonyl (C=O) groups excluding carboxylic acids is 2. The summed E-state index contributed by atoms with van der Waals surface area (Å²) in [5, 5.41) is 0. The van der Waals surface area contributed by atoms with E-state index in [4.69, 9.17) is 0 Å². The van der Waals surface area contributed by atoms with Gasteiger partial charge in [0.05, 0.1) is 20.3 Å². The number of rotatable bonds is 5. The van der Waals surface area contributed by atoms with Crippen molar-refractivity contribution < 1.29 is 23.8 Å². The molecule has 0 aliphatic heterocycles. The minimum atomic E-state index is -0.688. The normalized spacial score (nSPS) is 9.08. The molecule has 0 saturated carbocycles. The van der Waals surface area contributed by atoms with Gasteiger partial charge in [-0.05, 0) is 12.8 Å². The maximum atomic E-state index is 10.4. The van der Waals surface area contributed by atoms with E-state index in [0.29, 0.717) is 19.4 Å². The molecular weight excluding hydrogens is 176 g/mol. The molecule has 0 fully saturated rings. The van der Waals surface area contributed by atoms with Crippen LogP contribution in [0.4, 0.5) is 4.79 Å². The van der Waals surface area contributed by atoms with Gasteiger partial charge in [0, 0.05) is 6.92 Å². The van der Waals surface area contributed by atoms with E-state index in [2.05, 4.69) is 14.2 Å². The van der Waals surface area contributed by atoms with Crippen LogP contribution in [-0.2, 0) is 19.0 Å². The van der Waals surface area contributed by atoms with Gasteiger partial charge in [-0.3, -0.25) is 4.79 Å². The lowest BCUT2D eigenvalue weighted by Gasteiger charge is -2.02. The second-order valence-corrected chi connectivity index (χ2v) is 2.35. The molecule has 0 amide bonds. The Balaban J connectivity index is 3.08. The fourth-order valence-corrected chi connectivity index (χ4v) is 0.634. The van der Waals surface area contributed by atoms with Crippen LogP contribution in [-0.4, -0.2) is 32.4 Å². The zero-order valence-corrected chi connectivity index (χ0v) is 7.87. The van der Waals surface area contributed by atoms with Crippen LogP contribution >= 0.6 is 0 Å². The van der Waals surface area contributed by atoms with Gasteiger partial charge in [-0.25, -0.2) is 4.79 Å². The molecule has 0 aromatic heterocycles. The smallest absolute Gasteiger partial charge is 0.466 e. The summed E-state index contributed by atoms with van der Waals surface area (Å²) >= 11 is 0. The molecule has 0 radical (unpaired) electrons. The minimum Gasteiger partial charge on any atom is -0.466 e. The SMILES string of the molecule is COC(=O)OCCCCOC(C)=O. The van der Waals surface area contributed by atoms with Crippen molar-refractivity contribution in [3.05, 3.63) is 0 Å². The lowest BCUT2D eigenvalue weighted by atomic mass is 10.3. The Hall–Kier alpha value is -1.26. The fraction of sp³-hybridized carbons (Fsp3) is 0.750. The Morgan fingerprint density at radius 2 is 1.62 bits per heavy atom. The van der Waals surface area contributed by atoms with Crippen LogP contribution in [0.2, 0.25) is 0 Å². The highest BCUT2D eigenvalue weighted by atomic mass is 16.7. The third-order valence-electron chi connectivity index (χ3n) is 1.23. The number of hydrogen-bond acceptors (Lipinski definition) is 5. The summed E-state index contributed by atoms with van der Waals surface area (Å²) < 4.78 is 13.5. The maximum absolute atomic E-state index is 10.4. The van der Waals surface area contributed by atoms with Gasteiger partial charge in [0.15, 0.2) is 0 Å². The van der Waals surface area contributed by atoms with E-state index in [1.54, 1.807) is 0 Å². The molecule has 0 aliphatic rings. The fourth-order valence-electron chi connectivity index (χ4n) is 0.634. The second kappa shape index (κ2) is 7.39. The first-order chi connectivity index (χ1) is 6.16. The van der Waals surface area contributed by atoms with Gasteiger partial charge >= 0.3 is 12.1 Å². The average Bonchev–Trinajstić information content (AvgIpc) is 2.10. The molecule has 0 N–H and O–H groups in total. The van der Waals surface area contributed by atoms with Crippen LogP contribution in [0.3, 0.4) is 0 Å². The van der Waals surface area contributed by atoms with Crippen molar-refractivity contribution >= 4 is 12.1 Å². The van der Waals surface area contributed by atoms with E-state index >= 15 is 0 Å². The van der Waals surface area contributed by atoms with Crippen LogP contribution in [0.25, 0.3) is 0 Å². The molecule has 5 nitrogen and oxygen atoms in total. The van der Waals surface area contributed by atoms with Crippen LogP contribution in [0, 0.1) is 0 Å². The van der Waals surface area contributed by atoms with Crippen LogP contribution < -0.4 is 0 Å². The average molecular weight is 190 g/mol. The molecule has 0 rings (SSSR count). The Morgan fingerprint density at radius 3 is 2.08 bits per heavy atom. The summed E-state index contributed by atoms with van der Waals surface area (Å²) in [4.78, 5) is 20.7. The van der Waals surface area contributed by atoms with Crippen LogP contribution in [0.15, 0.2) is 0 Å². The summed E-state index contributed by atoms with van der Waals surface area (Å²) in [5.74, 6) is -0.297. The predicted octanol–water partition coefficient (Wildman–Crippen LogP) is 1.11. The molecule has 0 spiro atoms. The second-order valence-electron chi connectivity index (χ2n) is 2.35. The van der Waals surface area contributed by atoms with Crippen molar-refractivity contribution in [1.82, 2.24) is 0 Å². The first-order valence-corrected chi connectivity index (χ1v) is 4.01. The summed E-state index contributed by atoms with van der Waals surface area (Å²) in [6.45, 7) is 2.00. The van der Waals surface area contributed by atoms with E-state index < -0.39 is 6.16 Å². The molecule has 5 heteroatoms. The topological polar surface area (TPSA) is 61.8 Å². The highest BCUT2D eigenvalue weighted by Crippen LogP contribution is 1.93. The maximum Gasteiger partial charge on any atom is 0.507 e. The van der Waals surface area contributed by atoms with E-state index in [0.717, 1.165) is 0 Å². The van der Waals surface area contributed by atoms with Gasteiger partial charge in [-0.2, -0.15) is 0 Å². The molecule has 0 aromatic carbocycles. The third-order valence-corrected chi connectivity index (χ3v) is 1.23. The summed E-state index contributed by atoms with van der Waals surface area (Å²) in [7, 11) is 1.25. The first kappa shape index (κ1) is 11.7. The number of hydrogen-bond donors (Lipinski definition) is 0. The van der Waals surface area contributed by atoms with Crippen LogP contribution in [0.1, 0.15) is 19.8 Å². The molecule has 0 aromatic rings. The van der Waals surface area contributed by atoms with E-state index in [9.17, 15) is 9.59 Å². The lowest BCUT2D eigenvalue weighted by Crippen LogP contribution is -2.07. The summed E-state index contributed by atoms with van der Waals surface area (Å²) in [6.07, 6.45) is 0.645. The molecule has 0 unspecified atom stereocenters. The van der Waals surface area contributed by atoms with Gasteiger partial charge in [-0.1, -0.05) is 0 Å². The molecule has 0 bridgehead atoms. The summed E-state index contributed by atoms with van der Waals surface area (Å²) in [5.41, 5.74) is 0. The van der Waals surface area contributed by atoms with E-state index in [-0.39, 0.29) is 12.6 Å². The lowest BCUT2D eigenvalue weighted by molar-refractivity contribution is -0.141.